The maximum Gasteiger partial charge on any atom is 0.244 e. The monoisotopic (exact) mass is 393 g/mol. The second-order valence-electron chi connectivity index (χ2n) is 7.00. The van der Waals surface area contributed by atoms with Crippen molar-refractivity contribution in [1.82, 2.24) is 20.0 Å². The first-order valence-electron chi connectivity index (χ1n) is 9.11. The van der Waals surface area contributed by atoms with Crippen LogP contribution in [0.5, 0.6) is 0 Å². The Labute approximate surface area is 158 Å². The Hall–Kier alpha value is -2.04. The van der Waals surface area contributed by atoms with Crippen molar-refractivity contribution < 1.29 is 17.7 Å². The molecule has 2 saturated heterocycles. The van der Waals surface area contributed by atoms with Gasteiger partial charge in [0.1, 0.15) is 5.82 Å². The SMILES string of the molecule is CS(=O)(=O)Nc1cc(-c2noc(C3CCCN3C3CCOCC3)n2)ccn1. The Kier molecular flexibility index (Phi) is 5.11. The van der Waals surface area contributed by atoms with Crippen LogP contribution in [0.1, 0.15) is 37.6 Å². The highest BCUT2D eigenvalue weighted by Gasteiger charge is 2.36. The Balaban J connectivity index is 1.54. The largest absolute Gasteiger partial charge is 0.381 e. The smallest absolute Gasteiger partial charge is 0.244 e. The van der Waals surface area contributed by atoms with Gasteiger partial charge in [-0.15, -0.1) is 0 Å². The zero-order valence-electron chi connectivity index (χ0n) is 15.2. The number of hydrogen-bond acceptors (Lipinski definition) is 8. The standard InChI is InChI=1S/C17H23N5O4S/c1-27(23,24)21-15-11-12(4-7-18-15)16-19-17(26-20-16)14-3-2-8-22(14)13-5-9-25-10-6-13/h4,7,11,13-14H,2-3,5-6,8-10H2,1H3,(H,18,21). The van der Waals surface area contributed by atoms with Gasteiger partial charge in [0, 0.05) is 31.0 Å². The highest BCUT2D eigenvalue weighted by molar-refractivity contribution is 7.92. The van der Waals surface area contributed by atoms with Crippen LogP contribution >= 0.6 is 0 Å². The van der Waals surface area contributed by atoms with Gasteiger partial charge in [-0.3, -0.25) is 9.62 Å². The number of anilines is 1. The summed E-state index contributed by atoms with van der Waals surface area (Å²) in [7, 11) is -3.40. The van der Waals surface area contributed by atoms with Crippen molar-refractivity contribution in [3.8, 4) is 11.4 Å². The fourth-order valence-corrected chi connectivity index (χ4v) is 4.30. The van der Waals surface area contributed by atoms with Gasteiger partial charge in [-0.1, -0.05) is 5.16 Å². The van der Waals surface area contributed by atoms with Crippen LogP contribution < -0.4 is 4.72 Å². The van der Waals surface area contributed by atoms with Crippen LogP contribution in [-0.2, 0) is 14.8 Å². The molecular formula is C17H23N5O4S. The zero-order valence-corrected chi connectivity index (χ0v) is 16.0. The molecule has 1 atom stereocenters. The van der Waals surface area contributed by atoms with Crippen molar-refractivity contribution in [1.29, 1.82) is 0 Å². The topological polar surface area (TPSA) is 110 Å². The molecule has 146 valence electrons. The molecule has 0 aromatic carbocycles. The molecule has 2 aliphatic heterocycles. The summed E-state index contributed by atoms with van der Waals surface area (Å²) in [5.74, 6) is 1.28. The van der Waals surface area contributed by atoms with Crippen molar-refractivity contribution in [2.75, 3.05) is 30.7 Å². The quantitative estimate of drug-likeness (QED) is 0.819. The lowest BCUT2D eigenvalue weighted by Gasteiger charge is -2.33. The molecule has 10 heteroatoms. The Morgan fingerprint density at radius 3 is 2.85 bits per heavy atom. The fraction of sp³-hybridized carbons (Fsp3) is 0.588. The number of sulfonamides is 1. The normalized spacial score (nSPS) is 22.2. The van der Waals surface area contributed by atoms with Crippen molar-refractivity contribution >= 4 is 15.8 Å². The number of likely N-dealkylation sites (tertiary alicyclic amines) is 1. The molecule has 0 saturated carbocycles. The highest BCUT2D eigenvalue weighted by atomic mass is 32.2. The van der Waals surface area contributed by atoms with E-state index in [-0.39, 0.29) is 11.9 Å². The molecule has 0 aliphatic carbocycles. The van der Waals surface area contributed by atoms with Crippen LogP contribution in [0.4, 0.5) is 5.82 Å². The highest BCUT2D eigenvalue weighted by Crippen LogP contribution is 2.36. The fourth-order valence-electron chi connectivity index (χ4n) is 3.81. The first-order valence-corrected chi connectivity index (χ1v) is 11.0. The number of nitrogens with zero attached hydrogens (tertiary/aromatic N) is 4. The molecule has 2 fully saturated rings. The molecule has 4 heterocycles. The summed E-state index contributed by atoms with van der Waals surface area (Å²) in [4.78, 5) is 11.1. The minimum Gasteiger partial charge on any atom is -0.381 e. The third-order valence-corrected chi connectivity index (χ3v) is 5.57. The van der Waals surface area contributed by atoms with E-state index in [1.807, 2.05) is 0 Å². The summed E-state index contributed by atoms with van der Waals surface area (Å²) >= 11 is 0. The van der Waals surface area contributed by atoms with E-state index in [0.717, 1.165) is 51.7 Å². The predicted molar refractivity (Wildman–Crippen MR) is 98.5 cm³/mol. The molecule has 2 aromatic heterocycles. The number of pyridine rings is 1. The first-order chi connectivity index (χ1) is 13.0. The van der Waals surface area contributed by atoms with Gasteiger partial charge < -0.3 is 9.26 Å². The summed E-state index contributed by atoms with van der Waals surface area (Å²) in [5.41, 5.74) is 0.654. The maximum atomic E-state index is 11.4. The van der Waals surface area contributed by atoms with Gasteiger partial charge in [-0.05, 0) is 44.4 Å². The number of hydrogen-bond donors (Lipinski definition) is 1. The molecule has 0 spiro atoms. The number of nitrogens with one attached hydrogen (secondary N) is 1. The van der Waals surface area contributed by atoms with Gasteiger partial charge in [-0.2, -0.15) is 4.98 Å². The summed E-state index contributed by atoms with van der Waals surface area (Å²) in [6.45, 7) is 2.64. The maximum absolute atomic E-state index is 11.4. The molecule has 4 rings (SSSR count). The minimum atomic E-state index is -3.40. The van der Waals surface area contributed by atoms with Crippen LogP contribution in [0.15, 0.2) is 22.9 Å². The third kappa shape index (κ3) is 4.28. The minimum absolute atomic E-state index is 0.129. The molecule has 1 unspecified atom stereocenters. The number of aromatic nitrogens is 3. The number of ether oxygens (including phenoxy) is 1. The molecule has 1 N–H and O–H groups in total. The van der Waals surface area contributed by atoms with E-state index in [1.54, 1.807) is 12.1 Å². The van der Waals surface area contributed by atoms with Crippen LogP contribution in [-0.4, -0.2) is 60.5 Å². The molecule has 9 nitrogen and oxygen atoms in total. The van der Waals surface area contributed by atoms with Gasteiger partial charge in [0.25, 0.3) is 0 Å². The molecular weight excluding hydrogens is 370 g/mol. The van der Waals surface area contributed by atoms with Crippen molar-refractivity contribution in [3.05, 3.63) is 24.2 Å². The van der Waals surface area contributed by atoms with Crippen molar-refractivity contribution in [2.45, 2.75) is 37.8 Å². The van der Waals surface area contributed by atoms with Gasteiger partial charge in [0.05, 0.1) is 12.3 Å². The van der Waals surface area contributed by atoms with E-state index in [9.17, 15) is 8.42 Å². The molecule has 2 aromatic rings. The average Bonchev–Trinajstić information content (AvgIpc) is 3.30. The van der Waals surface area contributed by atoms with Crippen molar-refractivity contribution in [3.63, 3.8) is 0 Å². The molecule has 2 aliphatic rings. The van der Waals surface area contributed by atoms with Crippen LogP contribution in [0.2, 0.25) is 0 Å². The average molecular weight is 393 g/mol. The van der Waals surface area contributed by atoms with Gasteiger partial charge in [0.15, 0.2) is 0 Å². The molecule has 0 radical (unpaired) electrons. The van der Waals surface area contributed by atoms with Gasteiger partial charge in [-0.25, -0.2) is 13.4 Å². The third-order valence-electron chi connectivity index (χ3n) is 4.99. The lowest BCUT2D eigenvalue weighted by atomic mass is 10.1. The lowest BCUT2D eigenvalue weighted by Crippen LogP contribution is -2.39. The van der Waals surface area contributed by atoms with E-state index in [1.165, 1.54) is 6.20 Å². The van der Waals surface area contributed by atoms with E-state index >= 15 is 0 Å². The Bertz CT molecular complexity index is 894. The zero-order chi connectivity index (χ0) is 18.9. The lowest BCUT2D eigenvalue weighted by molar-refractivity contribution is 0.0243. The van der Waals surface area contributed by atoms with Crippen LogP contribution in [0.25, 0.3) is 11.4 Å². The Morgan fingerprint density at radius 2 is 2.07 bits per heavy atom. The predicted octanol–water partition coefficient (Wildman–Crippen LogP) is 1.82. The molecule has 0 amide bonds. The summed E-state index contributed by atoms with van der Waals surface area (Å²) in [6, 6.07) is 3.95. The molecule has 27 heavy (non-hydrogen) atoms. The van der Waals surface area contributed by atoms with E-state index in [4.69, 9.17) is 9.26 Å². The van der Waals surface area contributed by atoms with E-state index in [2.05, 4.69) is 24.7 Å². The van der Waals surface area contributed by atoms with Gasteiger partial charge in [0.2, 0.25) is 21.7 Å². The van der Waals surface area contributed by atoms with E-state index in [0.29, 0.717) is 23.3 Å². The molecule has 0 bridgehead atoms. The Morgan fingerprint density at radius 1 is 1.26 bits per heavy atom. The van der Waals surface area contributed by atoms with Crippen LogP contribution in [0, 0.1) is 0 Å². The summed E-state index contributed by atoms with van der Waals surface area (Å²) in [5, 5.41) is 4.11. The second kappa shape index (κ2) is 7.53. The van der Waals surface area contributed by atoms with Crippen LogP contribution in [0.3, 0.4) is 0 Å². The van der Waals surface area contributed by atoms with Crippen molar-refractivity contribution in [2.24, 2.45) is 0 Å². The summed E-state index contributed by atoms with van der Waals surface area (Å²) < 4.78 is 36.2. The summed E-state index contributed by atoms with van der Waals surface area (Å²) in [6.07, 6.45) is 6.76. The van der Waals surface area contributed by atoms with E-state index < -0.39 is 10.0 Å². The first kappa shape index (κ1) is 18.3. The van der Waals surface area contributed by atoms with Gasteiger partial charge >= 0.3 is 0 Å². The second-order valence-corrected chi connectivity index (χ2v) is 8.75. The number of rotatable bonds is 5.